The highest BCUT2D eigenvalue weighted by Crippen LogP contribution is 2.21. The van der Waals surface area contributed by atoms with Crippen molar-refractivity contribution < 1.29 is 17.6 Å². The van der Waals surface area contributed by atoms with E-state index in [0.717, 1.165) is 0 Å². The van der Waals surface area contributed by atoms with Gasteiger partial charge in [0, 0.05) is 19.2 Å². The van der Waals surface area contributed by atoms with E-state index >= 15 is 0 Å². The molecule has 1 aromatic rings. The van der Waals surface area contributed by atoms with Crippen LogP contribution in [-0.4, -0.2) is 37.8 Å². The van der Waals surface area contributed by atoms with Crippen LogP contribution in [0.4, 0.5) is 4.39 Å². The van der Waals surface area contributed by atoms with Gasteiger partial charge in [-0.3, -0.25) is 4.79 Å². The van der Waals surface area contributed by atoms with E-state index in [-0.39, 0.29) is 29.8 Å². The molecule has 0 spiro atoms. The molecule has 0 N–H and O–H groups in total. The van der Waals surface area contributed by atoms with Crippen LogP contribution < -0.4 is 0 Å². The number of carbonyl (C=O) groups excluding carboxylic acids is 1. The Morgan fingerprint density at radius 1 is 1.42 bits per heavy atom. The molecule has 1 fully saturated rings. The highest BCUT2D eigenvalue weighted by Gasteiger charge is 2.34. The van der Waals surface area contributed by atoms with Crippen molar-refractivity contribution in [1.82, 2.24) is 4.90 Å². The second-order valence-electron chi connectivity index (χ2n) is 4.89. The molecule has 19 heavy (non-hydrogen) atoms. The molecular weight excluding hydrogens is 269 g/mol. The third-order valence-electron chi connectivity index (χ3n) is 3.32. The van der Waals surface area contributed by atoms with Gasteiger partial charge in [0.1, 0.15) is 5.82 Å². The molecular formula is C13H16FNO3S. The van der Waals surface area contributed by atoms with Crippen molar-refractivity contribution in [2.75, 3.05) is 18.6 Å². The standard InChI is InChI=1S/C13H16FNO3S/c1-15(8-10-4-2-3-5-12(10)14)13(16)11-6-7-19(17,18)9-11/h2-5,11H,6-9H2,1H3. The van der Waals surface area contributed by atoms with Crippen molar-refractivity contribution in [2.45, 2.75) is 13.0 Å². The Balaban J connectivity index is 2.03. The van der Waals surface area contributed by atoms with Crippen LogP contribution in [0.15, 0.2) is 24.3 Å². The van der Waals surface area contributed by atoms with Crippen molar-refractivity contribution in [3.8, 4) is 0 Å². The maximum atomic E-state index is 13.5. The average Bonchev–Trinajstić information content (AvgIpc) is 2.71. The van der Waals surface area contributed by atoms with Crippen molar-refractivity contribution in [1.29, 1.82) is 0 Å². The Morgan fingerprint density at radius 2 is 2.11 bits per heavy atom. The van der Waals surface area contributed by atoms with Crippen LogP contribution in [0.5, 0.6) is 0 Å². The smallest absolute Gasteiger partial charge is 0.226 e. The molecule has 104 valence electrons. The monoisotopic (exact) mass is 285 g/mol. The molecule has 0 bridgehead atoms. The molecule has 0 radical (unpaired) electrons. The molecule has 1 amide bonds. The summed E-state index contributed by atoms with van der Waals surface area (Å²) in [5.74, 6) is -1.10. The summed E-state index contributed by atoms with van der Waals surface area (Å²) in [6, 6.07) is 6.25. The molecule has 1 heterocycles. The predicted molar refractivity (Wildman–Crippen MR) is 69.6 cm³/mol. The zero-order valence-corrected chi connectivity index (χ0v) is 11.5. The second-order valence-corrected chi connectivity index (χ2v) is 7.11. The van der Waals surface area contributed by atoms with E-state index in [1.807, 2.05) is 0 Å². The number of benzene rings is 1. The van der Waals surface area contributed by atoms with E-state index in [9.17, 15) is 17.6 Å². The first-order valence-electron chi connectivity index (χ1n) is 6.08. The summed E-state index contributed by atoms with van der Waals surface area (Å²) in [5, 5.41) is 0. The quantitative estimate of drug-likeness (QED) is 0.839. The Morgan fingerprint density at radius 3 is 2.68 bits per heavy atom. The van der Waals surface area contributed by atoms with Gasteiger partial charge in [-0.05, 0) is 12.5 Å². The zero-order chi connectivity index (χ0) is 14.0. The second kappa shape index (κ2) is 5.28. The highest BCUT2D eigenvalue weighted by atomic mass is 32.2. The van der Waals surface area contributed by atoms with Gasteiger partial charge in [-0.1, -0.05) is 18.2 Å². The number of nitrogens with zero attached hydrogens (tertiary/aromatic N) is 1. The lowest BCUT2D eigenvalue weighted by Crippen LogP contribution is -2.33. The molecule has 2 rings (SSSR count). The fourth-order valence-electron chi connectivity index (χ4n) is 2.26. The van der Waals surface area contributed by atoms with E-state index < -0.39 is 15.8 Å². The SMILES string of the molecule is CN(Cc1ccccc1F)C(=O)C1CCS(=O)(=O)C1. The largest absolute Gasteiger partial charge is 0.341 e. The zero-order valence-electron chi connectivity index (χ0n) is 10.7. The maximum absolute atomic E-state index is 13.5. The summed E-state index contributed by atoms with van der Waals surface area (Å²) >= 11 is 0. The normalized spacial score (nSPS) is 21.3. The average molecular weight is 285 g/mol. The first-order chi connectivity index (χ1) is 8.89. The van der Waals surface area contributed by atoms with E-state index in [1.165, 1.54) is 11.0 Å². The minimum Gasteiger partial charge on any atom is -0.341 e. The van der Waals surface area contributed by atoms with E-state index in [1.54, 1.807) is 25.2 Å². The molecule has 1 saturated heterocycles. The number of halogens is 1. The van der Waals surface area contributed by atoms with Gasteiger partial charge in [0.05, 0.1) is 17.4 Å². The van der Waals surface area contributed by atoms with E-state index in [2.05, 4.69) is 0 Å². The van der Waals surface area contributed by atoms with E-state index in [0.29, 0.717) is 12.0 Å². The predicted octanol–water partition coefficient (Wildman–Crippen LogP) is 1.22. The Bertz CT molecular complexity index is 585. The van der Waals surface area contributed by atoms with Crippen LogP contribution in [-0.2, 0) is 21.2 Å². The van der Waals surface area contributed by atoms with Crippen LogP contribution >= 0.6 is 0 Å². The molecule has 0 saturated carbocycles. The van der Waals surface area contributed by atoms with Crippen molar-refractivity contribution >= 4 is 15.7 Å². The Hall–Kier alpha value is -1.43. The Labute approximate surface area is 112 Å². The molecule has 1 aliphatic heterocycles. The molecule has 1 unspecified atom stereocenters. The fourth-order valence-corrected chi connectivity index (χ4v) is 3.99. The van der Waals surface area contributed by atoms with E-state index in [4.69, 9.17) is 0 Å². The van der Waals surface area contributed by atoms with Crippen LogP contribution in [0.1, 0.15) is 12.0 Å². The number of sulfone groups is 1. The van der Waals surface area contributed by atoms with Crippen LogP contribution in [0, 0.1) is 11.7 Å². The van der Waals surface area contributed by atoms with Gasteiger partial charge in [0.15, 0.2) is 9.84 Å². The summed E-state index contributed by atoms with van der Waals surface area (Å²) < 4.78 is 36.2. The van der Waals surface area contributed by atoms with Gasteiger partial charge >= 0.3 is 0 Å². The molecule has 0 aliphatic carbocycles. The lowest BCUT2D eigenvalue weighted by Gasteiger charge is -2.20. The molecule has 6 heteroatoms. The van der Waals surface area contributed by atoms with Crippen LogP contribution in [0.2, 0.25) is 0 Å². The third-order valence-corrected chi connectivity index (χ3v) is 5.09. The lowest BCUT2D eigenvalue weighted by atomic mass is 10.1. The van der Waals surface area contributed by atoms with Gasteiger partial charge in [0.2, 0.25) is 5.91 Å². The Kier molecular flexibility index (Phi) is 3.89. The first-order valence-corrected chi connectivity index (χ1v) is 7.90. The van der Waals surface area contributed by atoms with Crippen LogP contribution in [0.3, 0.4) is 0 Å². The molecule has 4 nitrogen and oxygen atoms in total. The number of amides is 1. The third kappa shape index (κ3) is 3.32. The minimum atomic E-state index is -3.08. The number of hydrogen-bond donors (Lipinski definition) is 0. The maximum Gasteiger partial charge on any atom is 0.226 e. The number of rotatable bonds is 3. The summed E-state index contributed by atoms with van der Waals surface area (Å²) in [6.45, 7) is 0.155. The molecule has 1 aliphatic rings. The van der Waals surface area contributed by atoms with Gasteiger partial charge in [0.25, 0.3) is 0 Å². The van der Waals surface area contributed by atoms with Gasteiger partial charge in [-0.25, -0.2) is 12.8 Å². The lowest BCUT2D eigenvalue weighted by molar-refractivity contribution is -0.133. The first kappa shape index (κ1) is 14.0. The van der Waals surface area contributed by atoms with Crippen LogP contribution in [0.25, 0.3) is 0 Å². The van der Waals surface area contributed by atoms with Gasteiger partial charge in [-0.15, -0.1) is 0 Å². The topological polar surface area (TPSA) is 54.5 Å². The van der Waals surface area contributed by atoms with Gasteiger partial charge < -0.3 is 4.90 Å². The molecule has 1 aromatic carbocycles. The van der Waals surface area contributed by atoms with Gasteiger partial charge in [-0.2, -0.15) is 0 Å². The van der Waals surface area contributed by atoms with Crippen molar-refractivity contribution in [3.63, 3.8) is 0 Å². The summed E-state index contributed by atoms with van der Waals surface area (Å²) in [4.78, 5) is 13.5. The molecule has 0 aromatic heterocycles. The number of hydrogen-bond acceptors (Lipinski definition) is 3. The summed E-state index contributed by atoms with van der Waals surface area (Å²) in [6.07, 6.45) is 0.364. The molecule has 1 atom stereocenters. The summed E-state index contributed by atoms with van der Waals surface area (Å²) in [7, 11) is -1.51. The summed E-state index contributed by atoms with van der Waals surface area (Å²) in [5.41, 5.74) is 0.430. The fraction of sp³-hybridized carbons (Fsp3) is 0.462. The highest BCUT2D eigenvalue weighted by molar-refractivity contribution is 7.91. The van der Waals surface area contributed by atoms with Crippen molar-refractivity contribution in [2.24, 2.45) is 5.92 Å². The number of carbonyl (C=O) groups is 1. The van der Waals surface area contributed by atoms with Crippen molar-refractivity contribution in [3.05, 3.63) is 35.6 Å². The minimum absolute atomic E-state index is 0.0664.